The number of nitrogens with zero attached hydrogens (tertiary/aromatic N) is 2. The van der Waals surface area contributed by atoms with Gasteiger partial charge in [0.25, 0.3) is 0 Å². The summed E-state index contributed by atoms with van der Waals surface area (Å²) in [6, 6.07) is 9.93. The Balaban J connectivity index is 1.87. The fourth-order valence-corrected chi connectivity index (χ4v) is 1.88. The number of aromatic nitrogens is 2. The van der Waals surface area contributed by atoms with Gasteiger partial charge in [0.1, 0.15) is 5.82 Å². The Morgan fingerprint density at radius 1 is 1.33 bits per heavy atom. The molecule has 0 bridgehead atoms. The monoisotopic (exact) mass is 246 g/mol. The molecule has 2 rings (SSSR count). The first-order valence-corrected chi connectivity index (χ1v) is 6.03. The summed E-state index contributed by atoms with van der Waals surface area (Å²) in [5.41, 5.74) is 1.14. The molecule has 1 atom stereocenters. The lowest BCUT2D eigenvalue weighted by atomic mass is 10.2. The van der Waals surface area contributed by atoms with E-state index in [9.17, 15) is 5.11 Å². The van der Waals surface area contributed by atoms with Crippen LogP contribution in [0.25, 0.3) is 0 Å². The highest BCUT2D eigenvalue weighted by Crippen LogP contribution is 2.10. The molecule has 0 aliphatic heterocycles. The summed E-state index contributed by atoms with van der Waals surface area (Å²) >= 11 is 0. The molecule has 0 spiro atoms. The number of hydrogen-bond donors (Lipinski definition) is 1. The minimum Gasteiger partial charge on any atom is -0.394 e. The smallest absolute Gasteiger partial charge is 0.105 e. The second kappa shape index (κ2) is 6.33. The number of benzene rings is 1. The molecule has 1 unspecified atom stereocenters. The third-order valence-electron chi connectivity index (χ3n) is 2.89. The number of ether oxygens (including phenoxy) is 1. The molecule has 1 heterocycles. The van der Waals surface area contributed by atoms with Crippen LogP contribution in [0.5, 0.6) is 0 Å². The molecule has 0 saturated heterocycles. The number of aryl methyl sites for hydroxylation is 1. The molecule has 0 aliphatic rings. The predicted molar refractivity (Wildman–Crippen MR) is 69.2 cm³/mol. The highest BCUT2D eigenvalue weighted by Gasteiger charge is 2.11. The van der Waals surface area contributed by atoms with Gasteiger partial charge in [-0.25, -0.2) is 4.98 Å². The van der Waals surface area contributed by atoms with Crippen molar-refractivity contribution in [2.75, 3.05) is 13.2 Å². The van der Waals surface area contributed by atoms with Crippen LogP contribution in [-0.2, 0) is 11.3 Å². The van der Waals surface area contributed by atoms with Crippen LogP contribution in [0.2, 0.25) is 0 Å². The van der Waals surface area contributed by atoms with E-state index in [0.29, 0.717) is 13.2 Å². The highest BCUT2D eigenvalue weighted by molar-refractivity contribution is 5.13. The van der Waals surface area contributed by atoms with E-state index < -0.39 is 0 Å². The van der Waals surface area contributed by atoms with Gasteiger partial charge in [0.05, 0.1) is 25.9 Å². The quantitative estimate of drug-likeness (QED) is 0.847. The Morgan fingerprint density at radius 2 is 2.11 bits per heavy atom. The van der Waals surface area contributed by atoms with Gasteiger partial charge in [-0.2, -0.15) is 0 Å². The largest absolute Gasteiger partial charge is 0.394 e. The fraction of sp³-hybridized carbons (Fsp3) is 0.357. The molecule has 1 aromatic carbocycles. The molecule has 18 heavy (non-hydrogen) atoms. The maximum Gasteiger partial charge on any atom is 0.105 e. The van der Waals surface area contributed by atoms with Crippen molar-refractivity contribution in [3.8, 4) is 0 Å². The summed E-state index contributed by atoms with van der Waals surface area (Å²) in [7, 11) is 0. The van der Waals surface area contributed by atoms with Crippen molar-refractivity contribution in [2.24, 2.45) is 0 Å². The van der Waals surface area contributed by atoms with E-state index >= 15 is 0 Å². The van der Waals surface area contributed by atoms with Gasteiger partial charge in [-0.15, -0.1) is 0 Å². The van der Waals surface area contributed by atoms with E-state index in [1.54, 1.807) is 6.20 Å². The van der Waals surface area contributed by atoms with E-state index in [-0.39, 0.29) is 12.6 Å². The second-order valence-electron chi connectivity index (χ2n) is 4.22. The molecule has 1 aromatic heterocycles. The van der Waals surface area contributed by atoms with Gasteiger partial charge in [0.15, 0.2) is 0 Å². The van der Waals surface area contributed by atoms with Gasteiger partial charge in [-0.1, -0.05) is 30.3 Å². The van der Waals surface area contributed by atoms with Crippen LogP contribution < -0.4 is 0 Å². The Morgan fingerprint density at radius 3 is 2.72 bits per heavy atom. The van der Waals surface area contributed by atoms with E-state index in [1.165, 1.54) is 0 Å². The van der Waals surface area contributed by atoms with Crippen molar-refractivity contribution >= 4 is 0 Å². The maximum absolute atomic E-state index is 9.39. The van der Waals surface area contributed by atoms with Crippen LogP contribution in [0.3, 0.4) is 0 Å². The first kappa shape index (κ1) is 12.8. The second-order valence-corrected chi connectivity index (χ2v) is 4.22. The first-order valence-electron chi connectivity index (χ1n) is 6.03. The van der Waals surface area contributed by atoms with Crippen LogP contribution in [-0.4, -0.2) is 27.9 Å². The normalized spacial score (nSPS) is 12.6. The summed E-state index contributed by atoms with van der Waals surface area (Å²) < 4.78 is 7.58. The van der Waals surface area contributed by atoms with Crippen LogP contribution in [0.1, 0.15) is 17.4 Å². The average Bonchev–Trinajstić information content (AvgIpc) is 2.82. The van der Waals surface area contributed by atoms with E-state index in [0.717, 1.165) is 11.4 Å². The molecule has 96 valence electrons. The molecule has 1 N–H and O–H groups in total. The summed E-state index contributed by atoms with van der Waals surface area (Å²) in [6.07, 6.45) is 3.59. The lowest BCUT2D eigenvalue weighted by molar-refractivity contribution is 0.0663. The zero-order valence-electron chi connectivity index (χ0n) is 10.5. The Labute approximate surface area is 107 Å². The molecule has 4 heteroatoms. The Kier molecular flexibility index (Phi) is 4.50. The van der Waals surface area contributed by atoms with Crippen LogP contribution in [0.15, 0.2) is 42.7 Å². The zero-order valence-corrected chi connectivity index (χ0v) is 10.5. The van der Waals surface area contributed by atoms with E-state index in [1.807, 2.05) is 48.0 Å². The van der Waals surface area contributed by atoms with Gasteiger partial charge < -0.3 is 14.4 Å². The fourth-order valence-electron chi connectivity index (χ4n) is 1.88. The average molecular weight is 246 g/mol. The minimum absolute atomic E-state index is 0.0476. The summed E-state index contributed by atoms with van der Waals surface area (Å²) in [4.78, 5) is 4.15. The Bertz CT molecular complexity index is 468. The first-order chi connectivity index (χ1) is 8.81. The molecular formula is C14H18N2O2. The van der Waals surface area contributed by atoms with Crippen molar-refractivity contribution in [1.29, 1.82) is 0 Å². The van der Waals surface area contributed by atoms with E-state index in [2.05, 4.69) is 4.98 Å². The van der Waals surface area contributed by atoms with Crippen LogP contribution in [0, 0.1) is 6.92 Å². The van der Waals surface area contributed by atoms with Gasteiger partial charge >= 0.3 is 0 Å². The highest BCUT2D eigenvalue weighted by atomic mass is 16.5. The van der Waals surface area contributed by atoms with Gasteiger partial charge in [0, 0.05) is 12.4 Å². The third-order valence-corrected chi connectivity index (χ3v) is 2.89. The number of aliphatic hydroxyl groups is 1. The van der Waals surface area contributed by atoms with Crippen molar-refractivity contribution in [3.05, 3.63) is 54.1 Å². The summed E-state index contributed by atoms with van der Waals surface area (Å²) in [5, 5.41) is 9.39. The van der Waals surface area contributed by atoms with Crippen LogP contribution >= 0.6 is 0 Å². The third kappa shape index (κ3) is 3.18. The van der Waals surface area contributed by atoms with E-state index in [4.69, 9.17) is 4.74 Å². The van der Waals surface area contributed by atoms with Crippen molar-refractivity contribution in [2.45, 2.75) is 19.6 Å². The predicted octanol–water partition coefficient (Wildman–Crippen LogP) is 1.94. The minimum atomic E-state index is -0.0730. The maximum atomic E-state index is 9.39. The summed E-state index contributed by atoms with van der Waals surface area (Å²) in [6.45, 7) is 3.00. The lowest BCUT2D eigenvalue weighted by Crippen LogP contribution is -2.19. The number of rotatable bonds is 6. The van der Waals surface area contributed by atoms with Crippen molar-refractivity contribution in [1.82, 2.24) is 9.55 Å². The SMILES string of the molecule is Cc1nccn1C(CO)COCc1ccccc1. The Hall–Kier alpha value is -1.65. The summed E-state index contributed by atoms with van der Waals surface area (Å²) in [5.74, 6) is 0.886. The molecule has 0 radical (unpaired) electrons. The number of aliphatic hydroxyl groups excluding tert-OH is 1. The molecule has 0 fully saturated rings. The number of hydrogen-bond acceptors (Lipinski definition) is 3. The van der Waals surface area contributed by atoms with Crippen molar-refractivity contribution < 1.29 is 9.84 Å². The standard InChI is InChI=1S/C14H18N2O2/c1-12-15-7-8-16(12)14(9-17)11-18-10-13-5-3-2-4-6-13/h2-8,14,17H,9-11H2,1H3. The zero-order chi connectivity index (χ0) is 12.8. The molecule has 0 aliphatic carbocycles. The van der Waals surface area contributed by atoms with Crippen LogP contribution in [0.4, 0.5) is 0 Å². The van der Waals surface area contributed by atoms with Gasteiger partial charge in [0.2, 0.25) is 0 Å². The molecule has 4 nitrogen and oxygen atoms in total. The molecule has 2 aromatic rings. The lowest BCUT2D eigenvalue weighted by Gasteiger charge is -2.17. The molecule has 0 amide bonds. The van der Waals surface area contributed by atoms with Gasteiger partial charge in [-0.3, -0.25) is 0 Å². The van der Waals surface area contributed by atoms with Crippen molar-refractivity contribution in [3.63, 3.8) is 0 Å². The van der Waals surface area contributed by atoms with Gasteiger partial charge in [-0.05, 0) is 12.5 Å². The number of imidazole rings is 1. The molecular weight excluding hydrogens is 228 g/mol. The topological polar surface area (TPSA) is 47.3 Å². The molecule has 0 saturated carbocycles.